The predicted octanol–water partition coefficient (Wildman–Crippen LogP) is 4.98. The van der Waals surface area contributed by atoms with Gasteiger partial charge in [-0.1, -0.05) is 68.8 Å². The summed E-state index contributed by atoms with van der Waals surface area (Å²) in [7, 11) is 0. The molecule has 0 bridgehead atoms. The molecule has 0 aromatic heterocycles. The highest BCUT2D eigenvalue weighted by Gasteiger charge is 2.65. The topological polar surface area (TPSA) is 87.3 Å². The Hall–Kier alpha value is -2.48. The van der Waals surface area contributed by atoms with Gasteiger partial charge >= 0.3 is 0 Å². The summed E-state index contributed by atoms with van der Waals surface area (Å²) in [5.74, 6) is -1.10. The summed E-state index contributed by atoms with van der Waals surface area (Å²) in [6.45, 7) is 9.70. The van der Waals surface area contributed by atoms with Crippen LogP contribution in [0.2, 0.25) is 5.02 Å². The number of halogens is 3. The first-order valence-electron chi connectivity index (χ1n) is 12.3. The van der Waals surface area contributed by atoms with Crippen LogP contribution in [0.3, 0.4) is 0 Å². The van der Waals surface area contributed by atoms with Gasteiger partial charge in [-0.15, -0.1) is 0 Å². The van der Waals surface area contributed by atoms with E-state index < -0.39 is 30.1 Å². The molecule has 1 aliphatic carbocycles. The molecule has 6 nitrogen and oxygen atoms in total. The van der Waals surface area contributed by atoms with E-state index in [1.807, 2.05) is 6.07 Å². The van der Waals surface area contributed by atoms with E-state index in [0.717, 1.165) is 5.56 Å². The van der Waals surface area contributed by atoms with Crippen molar-refractivity contribution in [2.24, 2.45) is 11.3 Å². The second-order valence-corrected chi connectivity index (χ2v) is 12.2. The highest BCUT2D eigenvalue weighted by molar-refractivity contribution is 6.31. The molecule has 198 valence electrons. The highest BCUT2D eigenvalue weighted by Crippen LogP contribution is 2.55. The van der Waals surface area contributed by atoms with E-state index in [0.29, 0.717) is 35.5 Å². The maximum atomic E-state index is 14.0. The first-order valence-corrected chi connectivity index (χ1v) is 13.1. The van der Waals surface area contributed by atoms with Crippen LogP contribution in [-0.2, 0) is 19.8 Å². The number of anilines is 1. The minimum atomic E-state index is -1.15. The number of hydrogen-bond donors (Lipinski definition) is 3. The number of benzene rings is 1. The lowest BCUT2D eigenvalue weighted by Gasteiger charge is -2.38. The molecule has 1 spiro atoms. The van der Waals surface area contributed by atoms with Crippen molar-refractivity contribution in [1.29, 1.82) is 0 Å². The first-order chi connectivity index (χ1) is 17.4. The fourth-order valence-corrected chi connectivity index (χ4v) is 6.03. The largest absolute Gasteiger partial charge is 0.351 e. The van der Waals surface area contributed by atoms with E-state index in [-0.39, 0.29) is 34.1 Å². The van der Waals surface area contributed by atoms with Crippen LogP contribution in [0, 0.1) is 11.3 Å². The molecule has 2 heterocycles. The Labute approximate surface area is 226 Å². The highest BCUT2D eigenvalue weighted by atomic mass is 35.5. The summed E-state index contributed by atoms with van der Waals surface area (Å²) in [6.07, 6.45) is 5.86. The van der Waals surface area contributed by atoms with E-state index in [2.05, 4.69) is 43.3 Å². The fourth-order valence-electron chi connectivity index (χ4n) is 5.78. The van der Waals surface area contributed by atoms with Crippen LogP contribution in [0.1, 0.15) is 45.6 Å². The Morgan fingerprint density at radius 1 is 1.30 bits per heavy atom. The number of alkyl halides is 1. The molecule has 1 aromatic carbocycles. The number of ketones is 1. The van der Waals surface area contributed by atoms with Gasteiger partial charge in [0.2, 0.25) is 11.8 Å². The van der Waals surface area contributed by atoms with Crippen molar-refractivity contribution in [2.45, 2.75) is 63.6 Å². The van der Waals surface area contributed by atoms with Crippen LogP contribution >= 0.6 is 23.2 Å². The zero-order valence-corrected chi connectivity index (χ0v) is 22.7. The average Bonchev–Trinajstić information content (AvgIpc) is 3.26. The van der Waals surface area contributed by atoms with E-state index >= 15 is 0 Å². The van der Waals surface area contributed by atoms with E-state index in [1.165, 1.54) is 6.08 Å². The first kappa shape index (κ1) is 27.6. The van der Waals surface area contributed by atoms with Crippen LogP contribution in [0.5, 0.6) is 0 Å². The summed E-state index contributed by atoms with van der Waals surface area (Å²) >= 11 is 12.1. The number of nitrogens with one attached hydrogen (secondary N) is 3. The van der Waals surface area contributed by atoms with Gasteiger partial charge in [-0.05, 0) is 41.2 Å². The summed E-state index contributed by atoms with van der Waals surface area (Å²) < 4.78 is 12.9. The number of Topliss-reactive ketones (excluding diaryl/α,β-unsaturated/α-hetero) is 1. The molecule has 3 aliphatic rings. The lowest BCUT2D eigenvalue weighted by molar-refractivity contribution is -0.129. The van der Waals surface area contributed by atoms with Gasteiger partial charge in [0.25, 0.3) is 0 Å². The third kappa shape index (κ3) is 5.27. The Kier molecular flexibility index (Phi) is 7.71. The number of fused-ring (bicyclic) bond motifs is 2. The second-order valence-electron chi connectivity index (χ2n) is 11.3. The third-order valence-corrected chi connectivity index (χ3v) is 7.78. The standard InChI is InChI=1S/C28H32Cl2FN3O3/c1-15(6-5-7-17(30)14-31)23-24(25(36)32-18-11-19(35)12-18)34-22(13-27(2,3)4)28(23)20-9-8-16(29)10-21(20)33-26(28)37/h5-10,18,22-24,34H,1,11-14H2,2-4H3,(H,32,36)(H,33,37)/b6-5-,17-7+/t22-,23+,24-,28+/m1/s1. The van der Waals surface area contributed by atoms with Gasteiger partial charge in [0.15, 0.2) is 0 Å². The van der Waals surface area contributed by atoms with Gasteiger partial charge in [-0.2, -0.15) is 0 Å². The van der Waals surface area contributed by atoms with Crippen molar-refractivity contribution in [1.82, 2.24) is 10.6 Å². The van der Waals surface area contributed by atoms with Gasteiger partial charge in [0.1, 0.15) is 17.9 Å². The van der Waals surface area contributed by atoms with Crippen LogP contribution < -0.4 is 16.0 Å². The van der Waals surface area contributed by atoms with Crippen LogP contribution in [0.4, 0.5) is 10.1 Å². The number of allylic oxidation sites excluding steroid dienone is 4. The number of hydrogen-bond acceptors (Lipinski definition) is 4. The van der Waals surface area contributed by atoms with Crippen LogP contribution in [-0.4, -0.2) is 42.4 Å². The molecule has 1 saturated heterocycles. The molecule has 4 rings (SSSR count). The minimum absolute atomic E-state index is 0.0245. The quantitative estimate of drug-likeness (QED) is 0.420. The normalized spacial score (nSPS) is 27.9. The van der Waals surface area contributed by atoms with Gasteiger partial charge in [0, 0.05) is 46.6 Å². The molecule has 9 heteroatoms. The molecular formula is C28H32Cl2FN3O3. The average molecular weight is 548 g/mol. The molecular weight excluding hydrogens is 516 g/mol. The SMILES string of the molecule is C=C(/C=C\C=C(\Cl)CF)[C@H]1[C@H](C(=O)NC2CC(=O)C2)N[C@H](CC(C)(C)C)[C@]12C(=O)Nc1cc(Cl)ccc12. The minimum Gasteiger partial charge on any atom is -0.351 e. The van der Waals surface area contributed by atoms with Gasteiger partial charge in [-0.3, -0.25) is 14.4 Å². The summed E-state index contributed by atoms with van der Waals surface area (Å²) in [5.41, 5.74) is 0.539. The Morgan fingerprint density at radius 2 is 2.00 bits per heavy atom. The van der Waals surface area contributed by atoms with Gasteiger partial charge in [-0.25, -0.2) is 4.39 Å². The van der Waals surface area contributed by atoms with E-state index in [9.17, 15) is 18.8 Å². The molecule has 4 atom stereocenters. The third-order valence-electron chi connectivity index (χ3n) is 7.31. The van der Waals surface area contributed by atoms with Gasteiger partial charge in [0.05, 0.1) is 6.04 Å². The van der Waals surface area contributed by atoms with Crippen LogP contribution in [0.15, 0.2) is 53.6 Å². The van der Waals surface area contributed by atoms with Crippen molar-refractivity contribution in [3.63, 3.8) is 0 Å². The summed E-state index contributed by atoms with van der Waals surface area (Å²) in [4.78, 5) is 39.1. The van der Waals surface area contributed by atoms with Gasteiger partial charge < -0.3 is 16.0 Å². The predicted molar refractivity (Wildman–Crippen MR) is 144 cm³/mol. The zero-order chi connectivity index (χ0) is 27.1. The lowest BCUT2D eigenvalue weighted by atomic mass is 9.62. The number of amides is 2. The summed E-state index contributed by atoms with van der Waals surface area (Å²) in [5, 5.41) is 9.96. The van der Waals surface area contributed by atoms with Crippen LogP contribution in [0.25, 0.3) is 0 Å². The Bertz CT molecular complexity index is 1200. The molecule has 1 aromatic rings. The number of carbonyl (C=O) groups excluding carboxylic acids is 3. The lowest BCUT2D eigenvalue weighted by Crippen LogP contribution is -2.53. The molecule has 3 N–H and O–H groups in total. The van der Waals surface area contributed by atoms with Crippen molar-refractivity contribution >= 4 is 46.5 Å². The monoisotopic (exact) mass is 547 g/mol. The second kappa shape index (κ2) is 10.4. The van der Waals surface area contributed by atoms with Crippen molar-refractivity contribution in [2.75, 3.05) is 12.0 Å². The molecule has 37 heavy (non-hydrogen) atoms. The maximum absolute atomic E-state index is 14.0. The molecule has 2 amide bonds. The van der Waals surface area contributed by atoms with Crippen molar-refractivity contribution < 1.29 is 18.8 Å². The molecule has 2 fully saturated rings. The molecule has 1 saturated carbocycles. The Balaban J connectivity index is 1.84. The zero-order valence-electron chi connectivity index (χ0n) is 21.2. The van der Waals surface area contributed by atoms with E-state index in [1.54, 1.807) is 24.3 Å². The number of carbonyl (C=O) groups is 3. The smallest absolute Gasteiger partial charge is 0.238 e. The van der Waals surface area contributed by atoms with Crippen molar-refractivity contribution in [3.05, 3.63) is 64.2 Å². The molecule has 0 radical (unpaired) electrons. The fraction of sp³-hybridized carbons (Fsp3) is 0.464. The van der Waals surface area contributed by atoms with E-state index in [4.69, 9.17) is 23.2 Å². The van der Waals surface area contributed by atoms with Crippen molar-refractivity contribution in [3.8, 4) is 0 Å². The molecule has 2 aliphatic heterocycles. The maximum Gasteiger partial charge on any atom is 0.238 e. The summed E-state index contributed by atoms with van der Waals surface area (Å²) in [6, 6.07) is 3.86. The Morgan fingerprint density at radius 3 is 2.62 bits per heavy atom. The molecule has 0 unspecified atom stereocenters. The number of rotatable bonds is 7.